The summed E-state index contributed by atoms with van der Waals surface area (Å²) in [6.45, 7) is 16.7. The smallest absolute Gasteiger partial charge is 0.221 e. The molecule has 0 aromatic rings. The largest absolute Gasteiger partial charge is 0.369 e. The number of carbonyl (C=O) groups is 1. The maximum atomic E-state index is 11.4. The molecule has 1 saturated heterocycles. The number of amides is 1. The molecular formula is C21H45IN6O. The van der Waals surface area contributed by atoms with Crippen molar-refractivity contribution in [2.45, 2.75) is 65.8 Å². The minimum atomic E-state index is -0.156. The van der Waals surface area contributed by atoms with Crippen LogP contribution in [0.2, 0.25) is 0 Å². The molecule has 0 radical (unpaired) electrons. The lowest BCUT2D eigenvalue weighted by atomic mass is 9.97. The second kappa shape index (κ2) is 17.1. The number of hydrogen-bond donors (Lipinski definition) is 3. The molecule has 1 amide bonds. The Bertz CT molecular complexity index is 458. The predicted molar refractivity (Wildman–Crippen MR) is 134 cm³/mol. The first-order valence-corrected chi connectivity index (χ1v) is 11.3. The minimum absolute atomic E-state index is 0. The quantitative estimate of drug-likeness (QED) is 0.149. The highest BCUT2D eigenvalue weighted by Gasteiger charge is 2.23. The van der Waals surface area contributed by atoms with E-state index in [1.54, 1.807) is 0 Å². The van der Waals surface area contributed by atoms with Crippen LogP contribution in [-0.4, -0.2) is 80.1 Å². The number of nitrogens with two attached hydrogens (primary N) is 1. The fourth-order valence-corrected chi connectivity index (χ4v) is 3.76. The van der Waals surface area contributed by atoms with Gasteiger partial charge >= 0.3 is 0 Å². The van der Waals surface area contributed by atoms with Gasteiger partial charge in [-0.2, -0.15) is 0 Å². The average molecular weight is 525 g/mol. The topological polar surface area (TPSA) is 86.0 Å². The van der Waals surface area contributed by atoms with E-state index in [2.05, 4.69) is 48.1 Å². The molecule has 1 aliphatic heterocycles. The molecular weight excluding hydrogens is 479 g/mol. The van der Waals surface area contributed by atoms with E-state index < -0.39 is 0 Å². The number of rotatable bonds is 13. The van der Waals surface area contributed by atoms with Crippen molar-refractivity contribution in [2.24, 2.45) is 16.6 Å². The van der Waals surface area contributed by atoms with E-state index in [-0.39, 0.29) is 35.8 Å². The van der Waals surface area contributed by atoms with Gasteiger partial charge in [-0.15, -0.1) is 24.0 Å². The monoisotopic (exact) mass is 524 g/mol. The van der Waals surface area contributed by atoms with Gasteiger partial charge in [0.25, 0.3) is 0 Å². The van der Waals surface area contributed by atoms with Crippen LogP contribution in [0.3, 0.4) is 0 Å². The average Bonchev–Trinajstić information content (AvgIpc) is 2.69. The third-order valence-corrected chi connectivity index (χ3v) is 5.54. The highest BCUT2D eigenvalue weighted by Crippen LogP contribution is 2.15. The Hall–Kier alpha value is -0.610. The van der Waals surface area contributed by atoms with Gasteiger partial charge < -0.3 is 26.2 Å². The Morgan fingerprint density at radius 1 is 1.28 bits per heavy atom. The van der Waals surface area contributed by atoms with E-state index in [9.17, 15) is 4.79 Å². The lowest BCUT2D eigenvalue weighted by molar-refractivity contribution is -0.123. The molecule has 0 aliphatic carbocycles. The Morgan fingerprint density at radius 2 is 2.00 bits per heavy atom. The summed E-state index contributed by atoms with van der Waals surface area (Å²) in [5, 5.41) is 6.88. The summed E-state index contributed by atoms with van der Waals surface area (Å²) in [7, 11) is 0. The highest BCUT2D eigenvalue weighted by atomic mass is 127. The van der Waals surface area contributed by atoms with E-state index in [1.807, 2.05) is 0 Å². The Balaban J connectivity index is 0.00000784. The summed E-state index contributed by atoms with van der Waals surface area (Å²) >= 11 is 0. The number of likely N-dealkylation sites (tertiary alicyclic amines) is 1. The van der Waals surface area contributed by atoms with E-state index in [0.29, 0.717) is 6.04 Å². The molecule has 29 heavy (non-hydrogen) atoms. The molecule has 0 aromatic carbocycles. The lowest BCUT2D eigenvalue weighted by Crippen LogP contribution is -2.43. The zero-order chi connectivity index (χ0) is 20.8. The number of carbonyl (C=O) groups excluding carboxylic acids is 1. The highest BCUT2D eigenvalue weighted by molar-refractivity contribution is 14.0. The van der Waals surface area contributed by atoms with Crippen LogP contribution in [0.4, 0.5) is 0 Å². The molecule has 4 N–H and O–H groups in total. The molecule has 2 atom stereocenters. The molecule has 1 fully saturated rings. The van der Waals surface area contributed by atoms with Crippen LogP contribution in [0.25, 0.3) is 0 Å². The normalized spacial score (nSPS) is 18.9. The van der Waals surface area contributed by atoms with Gasteiger partial charge in [-0.3, -0.25) is 9.79 Å². The zero-order valence-electron chi connectivity index (χ0n) is 19.1. The number of aliphatic imine (C=N–C) groups is 1. The van der Waals surface area contributed by atoms with Crippen LogP contribution in [0.1, 0.15) is 59.8 Å². The SMILES string of the molecule is CCNC(=NCCCN1CCCC(C(N)=O)C1)NC(C)CCCN(CC)CC.I. The molecule has 172 valence electrons. The van der Waals surface area contributed by atoms with Gasteiger partial charge in [-0.1, -0.05) is 13.8 Å². The van der Waals surface area contributed by atoms with Crippen LogP contribution < -0.4 is 16.4 Å². The number of piperidine rings is 1. The first kappa shape index (κ1) is 28.4. The van der Waals surface area contributed by atoms with Gasteiger partial charge in [-0.25, -0.2) is 0 Å². The summed E-state index contributed by atoms with van der Waals surface area (Å²) in [6.07, 6.45) is 5.34. The third kappa shape index (κ3) is 12.6. The van der Waals surface area contributed by atoms with Crippen LogP contribution >= 0.6 is 24.0 Å². The van der Waals surface area contributed by atoms with E-state index in [0.717, 1.165) is 84.0 Å². The van der Waals surface area contributed by atoms with Crippen molar-refractivity contribution in [3.8, 4) is 0 Å². The van der Waals surface area contributed by atoms with Gasteiger partial charge in [0.2, 0.25) is 5.91 Å². The molecule has 7 nitrogen and oxygen atoms in total. The summed E-state index contributed by atoms with van der Waals surface area (Å²) in [4.78, 5) is 20.9. The second-order valence-electron chi connectivity index (χ2n) is 7.87. The summed E-state index contributed by atoms with van der Waals surface area (Å²) < 4.78 is 0. The van der Waals surface area contributed by atoms with Crippen LogP contribution in [-0.2, 0) is 4.79 Å². The number of nitrogens with zero attached hydrogens (tertiary/aromatic N) is 3. The Labute approximate surface area is 195 Å². The fraction of sp³-hybridized carbons (Fsp3) is 0.905. The minimum Gasteiger partial charge on any atom is -0.369 e. The predicted octanol–water partition coefficient (Wildman–Crippen LogP) is 2.26. The van der Waals surface area contributed by atoms with Crippen molar-refractivity contribution in [2.75, 3.05) is 52.4 Å². The van der Waals surface area contributed by atoms with Crippen LogP contribution in [0.15, 0.2) is 4.99 Å². The summed E-state index contributed by atoms with van der Waals surface area (Å²) in [5.74, 6) is 0.774. The van der Waals surface area contributed by atoms with Crippen molar-refractivity contribution >= 4 is 35.8 Å². The molecule has 0 bridgehead atoms. The molecule has 1 rings (SSSR count). The molecule has 0 spiro atoms. The fourth-order valence-electron chi connectivity index (χ4n) is 3.76. The molecule has 0 aromatic heterocycles. The maximum absolute atomic E-state index is 11.4. The first-order chi connectivity index (χ1) is 13.5. The van der Waals surface area contributed by atoms with Gasteiger partial charge in [0.05, 0.1) is 5.92 Å². The van der Waals surface area contributed by atoms with E-state index in [1.165, 1.54) is 6.42 Å². The molecule has 2 unspecified atom stereocenters. The number of nitrogens with one attached hydrogen (secondary N) is 2. The molecule has 8 heteroatoms. The number of primary amides is 1. The lowest BCUT2D eigenvalue weighted by Gasteiger charge is -2.30. The van der Waals surface area contributed by atoms with E-state index >= 15 is 0 Å². The maximum Gasteiger partial charge on any atom is 0.221 e. The van der Waals surface area contributed by atoms with Gasteiger partial charge in [0.1, 0.15) is 0 Å². The van der Waals surface area contributed by atoms with Crippen molar-refractivity contribution in [3.63, 3.8) is 0 Å². The number of hydrogen-bond acceptors (Lipinski definition) is 4. The molecule has 1 aliphatic rings. The van der Waals surface area contributed by atoms with Crippen molar-refractivity contribution < 1.29 is 4.79 Å². The van der Waals surface area contributed by atoms with Crippen molar-refractivity contribution in [1.29, 1.82) is 0 Å². The summed E-state index contributed by atoms with van der Waals surface area (Å²) in [5.41, 5.74) is 5.46. The first-order valence-electron chi connectivity index (χ1n) is 11.3. The van der Waals surface area contributed by atoms with Gasteiger partial charge in [0, 0.05) is 25.7 Å². The second-order valence-corrected chi connectivity index (χ2v) is 7.87. The Morgan fingerprint density at radius 3 is 2.62 bits per heavy atom. The van der Waals surface area contributed by atoms with Crippen molar-refractivity contribution in [3.05, 3.63) is 0 Å². The van der Waals surface area contributed by atoms with Crippen LogP contribution in [0, 0.1) is 5.92 Å². The molecule has 0 saturated carbocycles. The van der Waals surface area contributed by atoms with Crippen LogP contribution in [0.5, 0.6) is 0 Å². The number of halogens is 1. The summed E-state index contributed by atoms with van der Waals surface area (Å²) in [6, 6.07) is 0.409. The van der Waals surface area contributed by atoms with Gasteiger partial charge in [0.15, 0.2) is 5.96 Å². The number of guanidine groups is 1. The zero-order valence-corrected chi connectivity index (χ0v) is 21.4. The standard InChI is InChI=1S/C21H44N6O.HI/c1-5-23-21(25-18(4)11-8-14-26(6-2)7-3)24-13-10-16-27-15-9-12-19(17-27)20(22)28;/h18-19H,5-17H2,1-4H3,(H2,22,28)(H2,23,24,25);1H. The van der Waals surface area contributed by atoms with E-state index in [4.69, 9.17) is 10.7 Å². The molecule has 1 heterocycles. The van der Waals surface area contributed by atoms with Gasteiger partial charge in [-0.05, 0) is 78.7 Å². The third-order valence-electron chi connectivity index (χ3n) is 5.54. The van der Waals surface area contributed by atoms with Crippen molar-refractivity contribution in [1.82, 2.24) is 20.4 Å². The Kier molecular flexibility index (Phi) is 16.7.